The molecule has 1 aliphatic heterocycles. The molecule has 9 heteroatoms. The first-order valence-corrected chi connectivity index (χ1v) is 12.4. The molecule has 5 rings (SSSR count). The Morgan fingerprint density at radius 2 is 2.03 bits per heavy atom. The lowest BCUT2D eigenvalue weighted by molar-refractivity contribution is 0.163. The minimum atomic E-state index is 0.174. The van der Waals surface area contributed by atoms with E-state index in [4.69, 9.17) is 20.9 Å². The molecule has 35 heavy (non-hydrogen) atoms. The van der Waals surface area contributed by atoms with Gasteiger partial charge in [0.05, 0.1) is 11.1 Å². The molecule has 1 saturated heterocycles. The van der Waals surface area contributed by atoms with Crippen molar-refractivity contribution in [2.45, 2.75) is 25.4 Å². The number of benzene rings is 2. The molecule has 0 atom stereocenters. The van der Waals surface area contributed by atoms with Gasteiger partial charge in [-0.3, -0.25) is 0 Å². The average Bonchev–Trinajstić information content (AvgIpc) is 3.40. The minimum absolute atomic E-state index is 0.174. The predicted octanol–water partition coefficient (Wildman–Crippen LogP) is 4.66. The lowest BCUT2D eigenvalue weighted by atomic mass is 10.1. The molecule has 2 aromatic carbocycles. The molecular weight excluding hydrogens is 458 g/mol. The average molecular weight is 486 g/mol. The van der Waals surface area contributed by atoms with Crippen LogP contribution in [0, 0.1) is 5.41 Å². The predicted molar refractivity (Wildman–Crippen MR) is 142 cm³/mol. The van der Waals surface area contributed by atoms with Crippen LogP contribution in [0.25, 0.3) is 21.5 Å². The Morgan fingerprint density at radius 3 is 2.77 bits per heavy atom. The largest absolute Gasteiger partial charge is 0.490 e. The first kappa shape index (κ1) is 22.9. The van der Waals surface area contributed by atoms with Crippen LogP contribution in [-0.2, 0) is 6.42 Å². The Morgan fingerprint density at radius 1 is 1.20 bits per heavy atom. The fourth-order valence-corrected chi connectivity index (χ4v) is 4.73. The molecule has 5 N–H and O–H groups in total. The van der Waals surface area contributed by atoms with E-state index in [1.807, 2.05) is 48.1 Å². The number of fused-ring (bicyclic) bond motifs is 1. The topological polar surface area (TPSA) is 122 Å². The molecule has 0 saturated carbocycles. The van der Waals surface area contributed by atoms with Crippen molar-refractivity contribution in [2.24, 2.45) is 5.73 Å². The summed E-state index contributed by atoms with van der Waals surface area (Å²) in [6, 6.07) is 12.0. The van der Waals surface area contributed by atoms with Crippen LogP contribution in [0.3, 0.4) is 0 Å². The Bertz CT molecular complexity index is 1330. The minimum Gasteiger partial charge on any atom is -0.490 e. The lowest BCUT2D eigenvalue weighted by Gasteiger charge is -2.25. The fourth-order valence-electron chi connectivity index (χ4n) is 4.07. The second-order valence-corrected chi connectivity index (χ2v) is 9.31. The zero-order valence-corrected chi connectivity index (χ0v) is 20.0. The Kier molecular flexibility index (Phi) is 6.97. The van der Waals surface area contributed by atoms with Gasteiger partial charge >= 0.3 is 0 Å². The first-order valence-electron chi connectivity index (χ1n) is 11.6. The van der Waals surface area contributed by atoms with Crippen LogP contribution in [0.4, 0.5) is 11.6 Å². The third-order valence-corrected chi connectivity index (χ3v) is 6.65. The molecule has 2 aromatic heterocycles. The maximum absolute atomic E-state index is 7.12. The zero-order valence-electron chi connectivity index (χ0n) is 19.2. The van der Waals surface area contributed by atoms with Crippen LogP contribution in [0.2, 0.25) is 0 Å². The number of thiazole rings is 1. The fraction of sp³-hybridized carbons (Fsp3) is 0.231. The summed E-state index contributed by atoms with van der Waals surface area (Å²) < 4.78 is 6.46. The molecule has 178 valence electrons. The highest BCUT2D eigenvalue weighted by atomic mass is 32.1. The Labute approximate surface area is 207 Å². The molecule has 0 unspecified atom stereocenters. The third kappa shape index (κ3) is 5.64. The van der Waals surface area contributed by atoms with Crippen molar-refractivity contribution in [3.63, 3.8) is 0 Å². The van der Waals surface area contributed by atoms with Crippen LogP contribution in [-0.4, -0.2) is 40.4 Å². The third-order valence-electron chi connectivity index (χ3n) is 5.84. The molecule has 0 radical (unpaired) electrons. The van der Waals surface area contributed by atoms with Gasteiger partial charge in [-0.1, -0.05) is 12.1 Å². The molecule has 1 aliphatic rings. The number of nitrogens with two attached hydrogens (primary N) is 1. The number of piperidine rings is 1. The summed E-state index contributed by atoms with van der Waals surface area (Å²) in [6.45, 7) is 1.93. The normalized spacial score (nSPS) is 14.7. The van der Waals surface area contributed by atoms with Crippen molar-refractivity contribution < 1.29 is 4.74 Å². The van der Waals surface area contributed by atoms with Gasteiger partial charge in [0, 0.05) is 53.2 Å². The van der Waals surface area contributed by atoms with Crippen LogP contribution in [0.15, 0.2) is 65.9 Å². The number of nitrogens with zero attached hydrogens (tertiary/aromatic N) is 3. The molecule has 0 aliphatic carbocycles. The highest BCUT2D eigenvalue weighted by Gasteiger charge is 2.19. The maximum Gasteiger partial charge on any atom is 0.227 e. The molecule has 0 bridgehead atoms. The Hall–Kier alpha value is -3.82. The number of nitrogens with one attached hydrogen (secondary N) is 3. The smallest absolute Gasteiger partial charge is 0.227 e. The van der Waals surface area contributed by atoms with Crippen molar-refractivity contribution in [2.75, 3.05) is 18.4 Å². The summed E-state index contributed by atoms with van der Waals surface area (Å²) in [6.07, 6.45) is 9.16. The molecule has 3 heterocycles. The first-order chi connectivity index (χ1) is 17.2. The van der Waals surface area contributed by atoms with Gasteiger partial charge in [0.15, 0.2) is 0 Å². The van der Waals surface area contributed by atoms with Gasteiger partial charge < -0.3 is 26.5 Å². The number of hydrogen-bond donors (Lipinski definition) is 4. The summed E-state index contributed by atoms with van der Waals surface area (Å²) >= 11 is 1.59. The van der Waals surface area contributed by atoms with Crippen molar-refractivity contribution >= 4 is 40.1 Å². The van der Waals surface area contributed by atoms with Gasteiger partial charge in [0.25, 0.3) is 0 Å². The summed E-state index contributed by atoms with van der Waals surface area (Å²) in [4.78, 5) is 13.8. The van der Waals surface area contributed by atoms with E-state index in [2.05, 4.69) is 26.7 Å². The molecular formula is C26H27N7OS. The van der Waals surface area contributed by atoms with Crippen molar-refractivity contribution in [1.29, 1.82) is 5.41 Å². The number of allylic oxidation sites excluding steroid dienone is 2. The molecule has 8 nitrogen and oxygen atoms in total. The van der Waals surface area contributed by atoms with Crippen LogP contribution in [0.5, 0.6) is 5.75 Å². The SMILES string of the molecule is N=C/C=C(\N)Cc1ccc(Nc2ncc3cc(-c4nccs4)c(OC4CCNCC4)cc3n2)cc1. The summed E-state index contributed by atoms with van der Waals surface area (Å²) in [5, 5.41) is 17.6. The van der Waals surface area contributed by atoms with E-state index in [9.17, 15) is 0 Å². The van der Waals surface area contributed by atoms with E-state index < -0.39 is 0 Å². The van der Waals surface area contributed by atoms with Crippen molar-refractivity contribution in [3.8, 4) is 16.3 Å². The van der Waals surface area contributed by atoms with E-state index in [1.165, 1.54) is 6.21 Å². The Balaban J connectivity index is 1.40. The zero-order chi connectivity index (χ0) is 24.0. The van der Waals surface area contributed by atoms with Crippen LogP contribution >= 0.6 is 11.3 Å². The molecule has 0 spiro atoms. The van der Waals surface area contributed by atoms with Gasteiger partial charge in [-0.2, -0.15) is 0 Å². The van der Waals surface area contributed by atoms with Gasteiger partial charge in [-0.15, -0.1) is 11.3 Å². The van der Waals surface area contributed by atoms with E-state index in [0.717, 1.165) is 64.4 Å². The highest BCUT2D eigenvalue weighted by molar-refractivity contribution is 7.13. The number of hydrogen-bond acceptors (Lipinski definition) is 9. The number of aromatic nitrogens is 3. The summed E-state index contributed by atoms with van der Waals surface area (Å²) in [5.74, 6) is 1.33. The number of anilines is 2. The van der Waals surface area contributed by atoms with Crippen LogP contribution < -0.4 is 21.1 Å². The standard InChI is InChI=1S/C26H27N7OS/c27-8-5-19(28)13-17-1-3-20(4-2-17)32-26-31-16-18-14-22(25-30-11-12-35-25)24(15-23(18)33-26)34-21-6-9-29-10-7-21/h1-5,8,11-12,14-16,21,27,29H,6-7,9-10,13,28H2,(H,31,32,33)/b19-5-,27-8?. The molecule has 1 fully saturated rings. The van der Waals surface area contributed by atoms with E-state index >= 15 is 0 Å². The number of ether oxygens (including phenoxy) is 1. The van der Waals surface area contributed by atoms with E-state index in [0.29, 0.717) is 18.1 Å². The highest BCUT2D eigenvalue weighted by Crippen LogP contribution is 2.36. The summed E-state index contributed by atoms with van der Waals surface area (Å²) in [5.41, 5.74) is 10.3. The molecule has 4 aromatic rings. The van der Waals surface area contributed by atoms with Crippen molar-refractivity contribution in [1.82, 2.24) is 20.3 Å². The maximum atomic E-state index is 7.12. The second-order valence-electron chi connectivity index (χ2n) is 8.41. The quantitative estimate of drug-likeness (QED) is 0.268. The van der Waals surface area contributed by atoms with Gasteiger partial charge in [0.1, 0.15) is 16.9 Å². The van der Waals surface area contributed by atoms with Gasteiger partial charge in [-0.25, -0.2) is 15.0 Å². The van der Waals surface area contributed by atoms with Gasteiger partial charge in [-0.05, 0) is 55.8 Å². The summed E-state index contributed by atoms with van der Waals surface area (Å²) in [7, 11) is 0. The number of rotatable bonds is 8. The molecule has 0 amide bonds. The van der Waals surface area contributed by atoms with E-state index in [1.54, 1.807) is 17.4 Å². The monoisotopic (exact) mass is 485 g/mol. The second kappa shape index (κ2) is 10.6. The van der Waals surface area contributed by atoms with Crippen LogP contribution in [0.1, 0.15) is 18.4 Å². The lowest BCUT2D eigenvalue weighted by Crippen LogP contribution is -2.34. The van der Waals surface area contributed by atoms with Crippen molar-refractivity contribution in [3.05, 3.63) is 71.5 Å². The van der Waals surface area contributed by atoms with E-state index in [-0.39, 0.29) is 6.10 Å². The van der Waals surface area contributed by atoms with Gasteiger partial charge in [0.2, 0.25) is 5.95 Å².